The van der Waals surface area contributed by atoms with Crippen molar-refractivity contribution < 1.29 is 24.5 Å². The predicted octanol–water partition coefficient (Wildman–Crippen LogP) is 8.25. The molecular formula is C35H37Cl2NO5. The molecule has 4 aromatic carbocycles. The number of nitrogens with one attached hydrogen (secondary N) is 1. The molecular weight excluding hydrogens is 585 g/mol. The van der Waals surface area contributed by atoms with Gasteiger partial charge in [-0.15, -0.1) is 0 Å². The summed E-state index contributed by atoms with van der Waals surface area (Å²) >= 11 is 12.5. The van der Waals surface area contributed by atoms with Crippen molar-refractivity contribution >= 4 is 29.3 Å². The Labute approximate surface area is 263 Å². The standard InChI is InChI=1S/C35H37Cl2NO5/c1-23-18-32(36)34(33(37)19-23)43-17-16-42-29-12-9-25(10-13-29)21-28(22-38-35(40)41)30-14-11-27(20-24(30)2)31-8-4-3-6-26(31)7-5-15-39/h3-4,6,8-14,18-20,28,38-39H,5,7,15-17,21-22H2,1-2H3,(H,40,41). The fraction of sp³-hybridized carbons (Fsp3) is 0.286. The van der Waals surface area contributed by atoms with Gasteiger partial charge in [-0.1, -0.05) is 77.8 Å². The van der Waals surface area contributed by atoms with Crippen molar-refractivity contribution in [3.05, 3.63) is 117 Å². The first-order valence-corrected chi connectivity index (χ1v) is 15.1. The van der Waals surface area contributed by atoms with E-state index in [1.165, 1.54) is 5.56 Å². The summed E-state index contributed by atoms with van der Waals surface area (Å²) in [5.74, 6) is 1.09. The number of ether oxygens (including phenoxy) is 2. The second-order valence-electron chi connectivity index (χ2n) is 10.5. The monoisotopic (exact) mass is 621 g/mol. The van der Waals surface area contributed by atoms with Crippen molar-refractivity contribution in [2.75, 3.05) is 26.4 Å². The Morgan fingerprint density at radius 1 is 0.907 bits per heavy atom. The first kappa shape index (κ1) is 32.2. The van der Waals surface area contributed by atoms with Crippen LogP contribution < -0.4 is 14.8 Å². The van der Waals surface area contributed by atoms with E-state index in [-0.39, 0.29) is 19.1 Å². The Bertz CT molecular complexity index is 1500. The number of amides is 1. The molecule has 0 aliphatic rings. The van der Waals surface area contributed by atoms with E-state index in [0.29, 0.717) is 47.5 Å². The summed E-state index contributed by atoms with van der Waals surface area (Å²) in [6.07, 6.45) is 1.13. The highest BCUT2D eigenvalue weighted by Crippen LogP contribution is 2.34. The molecule has 0 saturated carbocycles. The Kier molecular flexibility index (Phi) is 11.7. The number of halogens is 2. The van der Waals surface area contributed by atoms with Crippen molar-refractivity contribution in [2.45, 2.75) is 39.0 Å². The van der Waals surface area contributed by atoms with E-state index in [4.69, 9.17) is 32.7 Å². The van der Waals surface area contributed by atoms with Crippen LogP contribution in [-0.4, -0.2) is 42.7 Å². The van der Waals surface area contributed by atoms with Crippen LogP contribution in [0.25, 0.3) is 11.1 Å². The van der Waals surface area contributed by atoms with Crippen LogP contribution in [0.5, 0.6) is 11.5 Å². The quantitative estimate of drug-likeness (QED) is 0.123. The molecule has 0 heterocycles. The summed E-state index contributed by atoms with van der Waals surface area (Å²) in [5, 5.41) is 22.1. The fourth-order valence-electron chi connectivity index (χ4n) is 5.23. The number of carboxylic acid groups (broad SMARTS) is 1. The van der Waals surface area contributed by atoms with E-state index in [9.17, 15) is 15.0 Å². The largest absolute Gasteiger partial charge is 0.490 e. The van der Waals surface area contributed by atoms with E-state index in [1.54, 1.807) is 12.1 Å². The molecule has 0 aliphatic carbocycles. The van der Waals surface area contributed by atoms with Crippen molar-refractivity contribution in [1.29, 1.82) is 0 Å². The molecule has 0 saturated heterocycles. The molecule has 1 atom stereocenters. The van der Waals surface area contributed by atoms with Gasteiger partial charge in [-0.05, 0) is 96.3 Å². The Balaban J connectivity index is 1.42. The average Bonchev–Trinajstić information content (AvgIpc) is 2.98. The van der Waals surface area contributed by atoms with Crippen LogP contribution in [0.3, 0.4) is 0 Å². The summed E-state index contributed by atoms with van der Waals surface area (Å²) in [6.45, 7) is 5.04. The highest BCUT2D eigenvalue weighted by atomic mass is 35.5. The lowest BCUT2D eigenvalue weighted by molar-refractivity contribution is 0.193. The zero-order valence-electron chi connectivity index (χ0n) is 24.4. The topological polar surface area (TPSA) is 88.0 Å². The molecule has 226 valence electrons. The molecule has 43 heavy (non-hydrogen) atoms. The highest BCUT2D eigenvalue weighted by Gasteiger charge is 2.17. The third-order valence-corrected chi connectivity index (χ3v) is 7.85. The fourth-order valence-corrected chi connectivity index (χ4v) is 5.93. The van der Waals surface area contributed by atoms with Crippen molar-refractivity contribution in [2.24, 2.45) is 0 Å². The molecule has 3 N–H and O–H groups in total. The highest BCUT2D eigenvalue weighted by molar-refractivity contribution is 6.37. The SMILES string of the molecule is Cc1cc(Cl)c(OCCOc2ccc(CC(CNC(=O)O)c3ccc(-c4ccccc4CCCO)cc3C)cc2)c(Cl)c1. The molecule has 8 heteroatoms. The third-order valence-electron chi connectivity index (χ3n) is 7.29. The zero-order chi connectivity index (χ0) is 30.8. The number of benzene rings is 4. The second kappa shape index (κ2) is 15.7. The van der Waals surface area contributed by atoms with Crippen LogP contribution >= 0.6 is 23.2 Å². The number of carbonyl (C=O) groups is 1. The number of aryl methyl sites for hydroxylation is 3. The molecule has 0 radical (unpaired) electrons. The van der Waals surface area contributed by atoms with E-state index in [0.717, 1.165) is 39.8 Å². The van der Waals surface area contributed by atoms with Gasteiger partial charge in [0.25, 0.3) is 0 Å². The van der Waals surface area contributed by atoms with Crippen LogP contribution in [0.15, 0.2) is 78.9 Å². The number of aliphatic hydroxyl groups excluding tert-OH is 1. The molecule has 4 aromatic rings. The average molecular weight is 623 g/mol. The van der Waals surface area contributed by atoms with Gasteiger partial charge in [0.2, 0.25) is 0 Å². The van der Waals surface area contributed by atoms with E-state index in [1.807, 2.05) is 43.3 Å². The van der Waals surface area contributed by atoms with Gasteiger partial charge in [0.05, 0.1) is 10.0 Å². The smallest absolute Gasteiger partial charge is 0.404 e. The van der Waals surface area contributed by atoms with Gasteiger partial charge in [0.1, 0.15) is 19.0 Å². The summed E-state index contributed by atoms with van der Waals surface area (Å²) in [4.78, 5) is 11.4. The van der Waals surface area contributed by atoms with Crippen LogP contribution in [0.2, 0.25) is 10.0 Å². The van der Waals surface area contributed by atoms with Crippen LogP contribution in [-0.2, 0) is 12.8 Å². The lowest BCUT2D eigenvalue weighted by Gasteiger charge is -2.21. The minimum Gasteiger partial charge on any atom is -0.490 e. The lowest BCUT2D eigenvalue weighted by atomic mass is 9.86. The maximum absolute atomic E-state index is 11.4. The molecule has 0 aliphatic heterocycles. The third kappa shape index (κ3) is 9.14. The molecule has 0 aromatic heterocycles. The minimum atomic E-state index is -1.05. The van der Waals surface area contributed by atoms with E-state index in [2.05, 4.69) is 42.6 Å². The van der Waals surface area contributed by atoms with Crippen molar-refractivity contribution in [3.8, 4) is 22.6 Å². The molecule has 4 rings (SSSR count). The summed E-state index contributed by atoms with van der Waals surface area (Å²) in [6, 6.07) is 26.0. The van der Waals surface area contributed by atoms with Crippen LogP contribution in [0.1, 0.15) is 40.2 Å². The minimum absolute atomic E-state index is 0.0565. The first-order valence-electron chi connectivity index (χ1n) is 14.3. The Morgan fingerprint density at radius 3 is 2.28 bits per heavy atom. The number of aliphatic hydroxyl groups is 1. The van der Waals surface area contributed by atoms with Gasteiger partial charge in [0, 0.05) is 19.1 Å². The predicted molar refractivity (Wildman–Crippen MR) is 173 cm³/mol. The Hall–Kier alpha value is -3.71. The van der Waals surface area contributed by atoms with Gasteiger partial charge in [-0.3, -0.25) is 0 Å². The molecule has 0 fully saturated rings. The second-order valence-corrected chi connectivity index (χ2v) is 11.4. The number of hydrogen-bond donors (Lipinski definition) is 3. The van der Waals surface area contributed by atoms with Crippen LogP contribution in [0.4, 0.5) is 4.79 Å². The van der Waals surface area contributed by atoms with Gasteiger partial charge in [0.15, 0.2) is 5.75 Å². The number of rotatable bonds is 14. The summed E-state index contributed by atoms with van der Waals surface area (Å²) in [7, 11) is 0. The molecule has 0 bridgehead atoms. The van der Waals surface area contributed by atoms with Gasteiger partial charge in [-0.25, -0.2) is 4.79 Å². The molecule has 0 spiro atoms. The summed E-state index contributed by atoms with van der Waals surface area (Å²) < 4.78 is 11.6. The van der Waals surface area contributed by atoms with Crippen LogP contribution in [0, 0.1) is 13.8 Å². The van der Waals surface area contributed by atoms with Gasteiger partial charge >= 0.3 is 6.09 Å². The molecule has 6 nitrogen and oxygen atoms in total. The maximum atomic E-state index is 11.4. The molecule has 1 unspecified atom stereocenters. The summed E-state index contributed by atoms with van der Waals surface area (Å²) in [5.41, 5.74) is 7.68. The van der Waals surface area contributed by atoms with Crippen molar-refractivity contribution in [1.82, 2.24) is 5.32 Å². The Morgan fingerprint density at radius 2 is 1.60 bits per heavy atom. The van der Waals surface area contributed by atoms with Gasteiger partial charge < -0.3 is 25.0 Å². The van der Waals surface area contributed by atoms with E-state index < -0.39 is 6.09 Å². The van der Waals surface area contributed by atoms with E-state index >= 15 is 0 Å². The normalized spacial score (nSPS) is 11.7. The first-order chi connectivity index (χ1) is 20.7. The van der Waals surface area contributed by atoms with Crippen molar-refractivity contribution in [3.63, 3.8) is 0 Å². The maximum Gasteiger partial charge on any atom is 0.404 e. The zero-order valence-corrected chi connectivity index (χ0v) is 25.9. The number of hydrogen-bond acceptors (Lipinski definition) is 4. The van der Waals surface area contributed by atoms with Gasteiger partial charge in [-0.2, -0.15) is 0 Å². The molecule has 1 amide bonds. The lowest BCUT2D eigenvalue weighted by Crippen LogP contribution is -2.28.